The lowest BCUT2D eigenvalue weighted by atomic mass is 10.2. The van der Waals surface area contributed by atoms with Gasteiger partial charge in [-0.05, 0) is 43.3 Å². The van der Waals surface area contributed by atoms with E-state index in [1.165, 1.54) is 6.07 Å². The van der Waals surface area contributed by atoms with Gasteiger partial charge in [-0.25, -0.2) is 4.39 Å². The lowest BCUT2D eigenvalue weighted by Crippen LogP contribution is -2.28. The van der Waals surface area contributed by atoms with Crippen LogP contribution in [0, 0.1) is 5.82 Å². The fourth-order valence-corrected chi connectivity index (χ4v) is 2.48. The predicted molar refractivity (Wildman–Crippen MR) is 86.9 cm³/mol. The minimum absolute atomic E-state index is 0.194. The second kappa shape index (κ2) is 7.29. The molecule has 0 saturated carbocycles. The molecule has 2 nitrogen and oxygen atoms in total. The molecule has 0 amide bonds. The standard InChI is InChI=1S/C16H18BrFN2/c1-2-20(16-8-4-6-14(18)12-16)10-9-19-15-7-3-5-13(17)11-15/h3-8,11-12,19H,2,9-10H2,1H3. The van der Waals surface area contributed by atoms with Crippen molar-refractivity contribution in [2.45, 2.75) is 6.92 Å². The van der Waals surface area contributed by atoms with Crippen molar-refractivity contribution in [3.63, 3.8) is 0 Å². The predicted octanol–water partition coefficient (Wildman–Crippen LogP) is 4.53. The van der Waals surface area contributed by atoms with Crippen molar-refractivity contribution in [3.05, 3.63) is 58.8 Å². The fourth-order valence-electron chi connectivity index (χ4n) is 2.08. The Morgan fingerprint density at radius 3 is 2.65 bits per heavy atom. The second-order valence-corrected chi connectivity index (χ2v) is 5.41. The van der Waals surface area contributed by atoms with Gasteiger partial charge in [0.25, 0.3) is 0 Å². The molecule has 0 atom stereocenters. The van der Waals surface area contributed by atoms with Crippen molar-refractivity contribution in [1.29, 1.82) is 0 Å². The lowest BCUT2D eigenvalue weighted by Gasteiger charge is -2.23. The third-order valence-corrected chi connectivity index (χ3v) is 3.58. The largest absolute Gasteiger partial charge is 0.383 e. The average Bonchev–Trinajstić information content (AvgIpc) is 2.44. The highest BCUT2D eigenvalue weighted by molar-refractivity contribution is 9.10. The maximum atomic E-state index is 13.2. The Hall–Kier alpha value is -1.55. The van der Waals surface area contributed by atoms with Crippen LogP contribution in [-0.2, 0) is 0 Å². The summed E-state index contributed by atoms with van der Waals surface area (Å²) in [6, 6.07) is 14.8. The molecule has 20 heavy (non-hydrogen) atoms. The van der Waals surface area contributed by atoms with Crippen molar-refractivity contribution in [1.82, 2.24) is 0 Å². The van der Waals surface area contributed by atoms with Gasteiger partial charge in [-0.15, -0.1) is 0 Å². The molecular formula is C16H18BrFN2. The average molecular weight is 337 g/mol. The molecule has 0 aliphatic heterocycles. The molecule has 4 heteroatoms. The summed E-state index contributed by atoms with van der Waals surface area (Å²) in [6.45, 7) is 4.56. The highest BCUT2D eigenvalue weighted by Crippen LogP contribution is 2.17. The molecule has 1 N–H and O–H groups in total. The van der Waals surface area contributed by atoms with Gasteiger partial charge in [0.2, 0.25) is 0 Å². The van der Waals surface area contributed by atoms with Gasteiger partial charge in [0, 0.05) is 35.5 Å². The summed E-state index contributed by atoms with van der Waals surface area (Å²) in [6.07, 6.45) is 0. The second-order valence-electron chi connectivity index (χ2n) is 4.50. The van der Waals surface area contributed by atoms with E-state index in [0.29, 0.717) is 0 Å². The van der Waals surface area contributed by atoms with Crippen molar-refractivity contribution in [2.75, 3.05) is 29.9 Å². The Bertz CT molecular complexity index is 560. The van der Waals surface area contributed by atoms with Gasteiger partial charge >= 0.3 is 0 Å². The molecule has 0 unspecified atom stereocenters. The molecule has 0 spiro atoms. The van der Waals surface area contributed by atoms with E-state index in [-0.39, 0.29) is 5.82 Å². The monoisotopic (exact) mass is 336 g/mol. The molecule has 2 aromatic carbocycles. The number of rotatable bonds is 6. The first kappa shape index (κ1) is 14.9. The highest BCUT2D eigenvalue weighted by atomic mass is 79.9. The molecule has 0 saturated heterocycles. The first-order valence-corrected chi connectivity index (χ1v) is 7.48. The SMILES string of the molecule is CCN(CCNc1cccc(Br)c1)c1cccc(F)c1. The fraction of sp³-hybridized carbons (Fsp3) is 0.250. The van der Waals surface area contributed by atoms with Crippen molar-refractivity contribution >= 4 is 27.3 Å². The molecule has 0 fully saturated rings. The molecule has 2 aromatic rings. The summed E-state index contributed by atoms with van der Waals surface area (Å²) in [7, 11) is 0. The molecule has 2 rings (SSSR count). The van der Waals surface area contributed by atoms with E-state index < -0.39 is 0 Å². The minimum atomic E-state index is -0.194. The van der Waals surface area contributed by atoms with Gasteiger partial charge in [0.15, 0.2) is 0 Å². The third kappa shape index (κ3) is 4.23. The number of halogens is 2. The third-order valence-electron chi connectivity index (χ3n) is 3.09. The Balaban J connectivity index is 1.91. The van der Waals surface area contributed by atoms with Gasteiger partial charge in [-0.3, -0.25) is 0 Å². The topological polar surface area (TPSA) is 15.3 Å². The molecular weight excluding hydrogens is 319 g/mol. The maximum absolute atomic E-state index is 13.2. The summed E-state index contributed by atoms with van der Waals surface area (Å²) in [5.74, 6) is -0.194. The Labute approximate surface area is 127 Å². The van der Waals surface area contributed by atoms with Crippen molar-refractivity contribution in [3.8, 4) is 0 Å². The van der Waals surface area contributed by atoms with Crippen LogP contribution in [0.25, 0.3) is 0 Å². The van der Waals surface area contributed by atoms with Crippen molar-refractivity contribution in [2.24, 2.45) is 0 Å². The number of hydrogen-bond donors (Lipinski definition) is 1. The number of likely N-dealkylation sites (N-methyl/N-ethyl adjacent to an activating group) is 1. The van der Waals surface area contributed by atoms with E-state index in [2.05, 4.69) is 33.1 Å². The van der Waals surface area contributed by atoms with Gasteiger partial charge in [-0.2, -0.15) is 0 Å². The summed E-state index contributed by atoms with van der Waals surface area (Å²) >= 11 is 3.45. The number of nitrogens with one attached hydrogen (secondary N) is 1. The van der Waals surface area contributed by atoms with Gasteiger partial charge in [0.1, 0.15) is 5.82 Å². The van der Waals surface area contributed by atoms with E-state index in [9.17, 15) is 4.39 Å². The van der Waals surface area contributed by atoms with Crippen molar-refractivity contribution < 1.29 is 4.39 Å². The van der Waals surface area contributed by atoms with Crippen LogP contribution in [0.4, 0.5) is 15.8 Å². The first-order chi connectivity index (χ1) is 9.69. The van der Waals surface area contributed by atoms with Crippen LogP contribution in [0.2, 0.25) is 0 Å². The van der Waals surface area contributed by atoms with Crippen LogP contribution in [-0.4, -0.2) is 19.6 Å². The van der Waals surface area contributed by atoms with Crippen LogP contribution in [0.5, 0.6) is 0 Å². The molecule has 0 heterocycles. The van der Waals surface area contributed by atoms with E-state index in [0.717, 1.165) is 35.5 Å². The van der Waals surface area contributed by atoms with Crippen LogP contribution in [0.1, 0.15) is 6.92 Å². The zero-order chi connectivity index (χ0) is 14.4. The number of anilines is 2. The normalized spacial score (nSPS) is 10.3. The first-order valence-electron chi connectivity index (χ1n) is 6.69. The Morgan fingerprint density at radius 1 is 1.15 bits per heavy atom. The van der Waals surface area contributed by atoms with Crippen LogP contribution >= 0.6 is 15.9 Å². The molecule has 106 valence electrons. The van der Waals surface area contributed by atoms with Crippen LogP contribution in [0.3, 0.4) is 0 Å². The minimum Gasteiger partial charge on any atom is -0.383 e. The summed E-state index contributed by atoms with van der Waals surface area (Å²) in [5.41, 5.74) is 2.00. The number of nitrogens with zero attached hydrogens (tertiary/aromatic N) is 1. The number of hydrogen-bond acceptors (Lipinski definition) is 2. The molecule has 0 aliphatic rings. The quantitative estimate of drug-likeness (QED) is 0.833. The smallest absolute Gasteiger partial charge is 0.125 e. The zero-order valence-electron chi connectivity index (χ0n) is 11.4. The van der Waals surface area contributed by atoms with E-state index in [4.69, 9.17) is 0 Å². The van der Waals surface area contributed by atoms with Gasteiger partial charge < -0.3 is 10.2 Å². The maximum Gasteiger partial charge on any atom is 0.125 e. The Morgan fingerprint density at radius 2 is 1.95 bits per heavy atom. The zero-order valence-corrected chi connectivity index (χ0v) is 13.0. The van der Waals surface area contributed by atoms with Crippen LogP contribution < -0.4 is 10.2 Å². The number of benzene rings is 2. The molecule has 0 aromatic heterocycles. The van der Waals surface area contributed by atoms with Crippen LogP contribution in [0.15, 0.2) is 53.0 Å². The molecule has 0 bridgehead atoms. The van der Waals surface area contributed by atoms with E-state index >= 15 is 0 Å². The van der Waals surface area contributed by atoms with E-state index in [1.54, 1.807) is 12.1 Å². The molecule has 0 aliphatic carbocycles. The molecule has 0 radical (unpaired) electrons. The summed E-state index contributed by atoms with van der Waals surface area (Å²) < 4.78 is 14.3. The summed E-state index contributed by atoms with van der Waals surface area (Å²) in [5, 5.41) is 3.37. The van der Waals surface area contributed by atoms with E-state index in [1.807, 2.05) is 30.3 Å². The highest BCUT2D eigenvalue weighted by Gasteiger charge is 2.04. The van der Waals surface area contributed by atoms with Gasteiger partial charge in [0.05, 0.1) is 0 Å². The lowest BCUT2D eigenvalue weighted by molar-refractivity contribution is 0.626. The van der Waals surface area contributed by atoms with Gasteiger partial charge in [-0.1, -0.05) is 28.1 Å². The Kier molecular flexibility index (Phi) is 5.41. The summed E-state index contributed by atoms with van der Waals surface area (Å²) in [4.78, 5) is 2.15.